The van der Waals surface area contributed by atoms with Crippen molar-refractivity contribution in [2.75, 3.05) is 19.0 Å². The molecule has 1 aromatic carbocycles. The number of hydrogen-bond donors (Lipinski definition) is 2. The Morgan fingerprint density at radius 2 is 2.00 bits per heavy atom. The summed E-state index contributed by atoms with van der Waals surface area (Å²) in [5.74, 6) is -0.501. The van der Waals surface area contributed by atoms with Crippen LogP contribution in [0.15, 0.2) is 18.2 Å². The van der Waals surface area contributed by atoms with Gasteiger partial charge in [-0.25, -0.2) is 0 Å². The molecule has 0 radical (unpaired) electrons. The van der Waals surface area contributed by atoms with Crippen LogP contribution in [0.2, 0.25) is 0 Å². The number of primary amides is 1. The zero-order valence-corrected chi connectivity index (χ0v) is 7.61. The molecule has 0 aliphatic rings. The molecule has 4 heteroatoms. The number of rotatable bonds is 2. The summed E-state index contributed by atoms with van der Waals surface area (Å²) >= 11 is 0. The van der Waals surface area contributed by atoms with E-state index in [1.807, 2.05) is 14.1 Å². The normalized spacial score (nSPS) is 9.69. The Morgan fingerprint density at radius 3 is 2.46 bits per heavy atom. The van der Waals surface area contributed by atoms with Crippen LogP contribution >= 0.6 is 0 Å². The van der Waals surface area contributed by atoms with Gasteiger partial charge >= 0.3 is 0 Å². The van der Waals surface area contributed by atoms with E-state index in [1.165, 1.54) is 6.07 Å². The van der Waals surface area contributed by atoms with Gasteiger partial charge in [0.25, 0.3) is 0 Å². The topological polar surface area (TPSA) is 66.6 Å². The Labute approximate surface area is 76.6 Å². The summed E-state index contributed by atoms with van der Waals surface area (Å²) in [6.07, 6.45) is 0. The number of benzene rings is 1. The molecule has 13 heavy (non-hydrogen) atoms. The molecule has 0 aliphatic carbocycles. The van der Waals surface area contributed by atoms with Crippen LogP contribution in [0.4, 0.5) is 5.69 Å². The first-order chi connectivity index (χ1) is 6.00. The predicted octanol–water partition coefficient (Wildman–Crippen LogP) is 0.557. The number of amides is 1. The Balaban J connectivity index is 3.19. The summed E-state index contributed by atoms with van der Waals surface area (Å²) in [6.45, 7) is 0. The lowest BCUT2D eigenvalue weighted by Crippen LogP contribution is -2.13. The molecule has 0 heterocycles. The summed E-state index contributed by atoms with van der Waals surface area (Å²) in [4.78, 5) is 12.6. The lowest BCUT2D eigenvalue weighted by Gasteiger charge is -2.13. The second kappa shape index (κ2) is 3.35. The molecular formula is C9H12N2O2. The molecule has 3 N–H and O–H groups in total. The minimum atomic E-state index is -0.543. The van der Waals surface area contributed by atoms with Gasteiger partial charge in [0.15, 0.2) is 0 Å². The Bertz CT molecular complexity index is 334. The zero-order chi connectivity index (χ0) is 10.0. The number of nitrogens with two attached hydrogens (primary N) is 1. The average Bonchev–Trinajstić information content (AvgIpc) is 2.03. The monoisotopic (exact) mass is 180 g/mol. The summed E-state index contributed by atoms with van der Waals surface area (Å²) in [5.41, 5.74) is 6.14. The minimum absolute atomic E-state index is 0.0417. The Morgan fingerprint density at radius 1 is 1.38 bits per heavy atom. The molecule has 0 fully saturated rings. The van der Waals surface area contributed by atoms with Crippen molar-refractivity contribution in [3.63, 3.8) is 0 Å². The largest absolute Gasteiger partial charge is 0.508 e. The first-order valence-corrected chi connectivity index (χ1v) is 3.82. The van der Waals surface area contributed by atoms with Crippen molar-refractivity contribution >= 4 is 11.6 Å². The van der Waals surface area contributed by atoms with E-state index in [9.17, 15) is 9.90 Å². The van der Waals surface area contributed by atoms with Crippen LogP contribution in [0.25, 0.3) is 0 Å². The van der Waals surface area contributed by atoms with Crippen LogP contribution in [0, 0.1) is 0 Å². The van der Waals surface area contributed by atoms with Gasteiger partial charge in [-0.15, -0.1) is 0 Å². The third-order valence-electron chi connectivity index (χ3n) is 1.70. The van der Waals surface area contributed by atoms with Gasteiger partial charge < -0.3 is 15.7 Å². The first-order valence-electron chi connectivity index (χ1n) is 3.82. The van der Waals surface area contributed by atoms with E-state index in [1.54, 1.807) is 17.0 Å². The van der Waals surface area contributed by atoms with E-state index in [0.29, 0.717) is 5.56 Å². The van der Waals surface area contributed by atoms with E-state index in [-0.39, 0.29) is 5.75 Å². The van der Waals surface area contributed by atoms with Gasteiger partial charge in [-0.3, -0.25) is 4.79 Å². The van der Waals surface area contributed by atoms with E-state index >= 15 is 0 Å². The second-order valence-corrected chi connectivity index (χ2v) is 3.00. The second-order valence-electron chi connectivity index (χ2n) is 3.00. The van der Waals surface area contributed by atoms with Crippen molar-refractivity contribution < 1.29 is 9.90 Å². The van der Waals surface area contributed by atoms with Gasteiger partial charge in [0.05, 0.1) is 0 Å². The lowest BCUT2D eigenvalue weighted by molar-refractivity contribution is 0.1000. The van der Waals surface area contributed by atoms with Crippen molar-refractivity contribution in [2.24, 2.45) is 5.73 Å². The Kier molecular flexibility index (Phi) is 2.41. The zero-order valence-electron chi connectivity index (χ0n) is 7.61. The fourth-order valence-corrected chi connectivity index (χ4v) is 0.996. The van der Waals surface area contributed by atoms with Gasteiger partial charge in [0.1, 0.15) is 5.75 Å². The van der Waals surface area contributed by atoms with Crippen molar-refractivity contribution in [3.05, 3.63) is 23.8 Å². The summed E-state index contributed by atoms with van der Waals surface area (Å²) in [7, 11) is 3.64. The molecule has 0 atom stereocenters. The standard InChI is InChI=1S/C9H12N2O2/c1-11(2)7-3-6(9(10)13)4-8(12)5-7/h3-5,12H,1-2H3,(H2,10,13). The van der Waals surface area contributed by atoms with Crippen LogP contribution in [-0.2, 0) is 0 Å². The highest BCUT2D eigenvalue weighted by Gasteiger charge is 2.05. The third kappa shape index (κ3) is 2.11. The molecule has 0 aromatic heterocycles. The van der Waals surface area contributed by atoms with Crippen molar-refractivity contribution in [2.45, 2.75) is 0 Å². The molecule has 1 amide bonds. The van der Waals surface area contributed by atoms with Crippen LogP contribution in [0.3, 0.4) is 0 Å². The van der Waals surface area contributed by atoms with Gasteiger partial charge in [0, 0.05) is 31.4 Å². The summed E-state index contributed by atoms with van der Waals surface area (Å²) < 4.78 is 0. The number of nitrogens with zero attached hydrogens (tertiary/aromatic N) is 1. The smallest absolute Gasteiger partial charge is 0.248 e. The molecule has 0 saturated carbocycles. The highest BCUT2D eigenvalue weighted by Crippen LogP contribution is 2.21. The maximum Gasteiger partial charge on any atom is 0.248 e. The van der Waals surface area contributed by atoms with Gasteiger partial charge in [-0.1, -0.05) is 0 Å². The third-order valence-corrected chi connectivity index (χ3v) is 1.70. The molecule has 1 rings (SSSR count). The van der Waals surface area contributed by atoms with E-state index in [0.717, 1.165) is 5.69 Å². The molecule has 0 bridgehead atoms. The molecule has 0 unspecified atom stereocenters. The fourth-order valence-electron chi connectivity index (χ4n) is 0.996. The number of phenolic OH excluding ortho intramolecular Hbond substituents is 1. The predicted molar refractivity (Wildman–Crippen MR) is 51.0 cm³/mol. The molecule has 70 valence electrons. The molecule has 1 aromatic rings. The number of aromatic hydroxyl groups is 1. The SMILES string of the molecule is CN(C)c1cc(O)cc(C(N)=O)c1. The highest BCUT2D eigenvalue weighted by molar-refractivity contribution is 5.94. The summed E-state index contributed by atoms with van der Waals surface area (Å²) in [6, 6.07) is 4.53. The quantitative estimate of drug-likeness (QED) is 0.698. The fraction of sp³-hybridized carbons (Fsp3) is 0.222. The van der Waals surface area contributed by atoms with E-state index in [4.69, 9.17) is 5.73 Å². The van der Waals surface area contributed by atoms with Crippen molar-refractivity contribution in [1.29, 1.82) is 0 Å². The number of carbonyl (C=O) groups excluding carboxylic acids is 1. The molecule has 4 nitrogen and oxygen atoms in total. The van der Waals surface area contributed by atoms with Gasteiger partial charge in [-0.2, -0.15) is 0 Å². The molecule has 0 spiro atoms. The number of anilines is 1. The number of phenols is 1. The molecule has 0 aliphatic heterocycles. The minimum Gasteiger partial charge on any atom is -0.508 e. The average molecular weight is 180 g/mol. The molecule has 0 saturated heterocycles. The van der Waals surface area contributed by atoms with Crippen LogP contribution in [0.5, 0.6) is 5.75 Å². The van der Waals surface area contributed by atoms with Crippen molar-refractivity contribution in [3.8, 4) is 5.75 Å². The number of carbonyl (C=O) groups is 1. The maximum atomic E-state index is 10.8. The lowest BCUT2D eigenvalue weighted by atomic mass is 10.1. The number of hydrogen-bond acceptors (Lipinski definition) is 3. The van der Waals surface area contributed by atoms with E-state index < -0.39 is 5.91 Å². The van der Waals surface area contributed by atoms with E-state index in [2.05, 4.69) is 0 Å². The van der Waals surface area contributed by atoms with Crippen molar-refractivity contribution in [1.82, 2.24) is 0 Å². The maximum absolute atomic E-state index is 10.8. The van der Waals surface area contributed by atoms with Gasteiger partial charge in [0.2, 0.25) is 5.91 Å². The first kappa shape index (κ1) is 9.38. The highest BCUT2D eigenvalue weighted by atomic mass is 16.3. The molecular weight excluding hydrogens is 168 g/mol. The summed E-state index contributed by atoms with van der Waals surface area (Å²) in [5, 5.41) is 9.26. The van der Waals surface area contributed by atoms with Crippen LogP contribution in [0.1, 0.15) is 10.4 Å². The van der Waals surface area contributed by atoms with Gasteiger partial charge in [-0.05, 0) is 12.1 Å². The van der Waals surface area contributed by atoms with Crippen LogP contribution in [-0.4, -0.2) is 25.1 Å². The Hall–Kier alpha value is -1.71. The van der Waals surface area contributed by atoms with Crippen LogP contribution < -0.4 is 10.6 Å².